The van der Waals surface area contributed by atoms with Crippen molar-refractivity contribution in [1.82, 2.24) is 9.97 Å². The molecule has 2 aromatic rings. The summed E-state index contributed by atoms with van der Waals surface area (Å²) in [5, 5.41) is 3.43. The lowest BCUT2D eigenvalue weighted by Crippen LogP contribution is -2.23. The van der Waals surface area contributed by atoms with E-state index < -0.39 is 0 Å². The van der Waals surface area contributed by atoms with Crippen LogP contribution < -0.4 is 5.32 Å². The third kappa shape index (κ3) is 2.96. The molecular formula is C14H20ClN3. The molecule has 0 bridgehead atoms. The van der Waals surface area contributed by atoms with E-state index in [0.717, 1.165) is 36.4 Å². The van der Waals surface area contributed by atoms with Crippen LogP contribution in [0.1, 0.15) is 26.7 Å². The number of rotatable bonds is 6. The van der Waals surface area contributed by atoms with Crippen molar-refractivity contribution in [2.45, 2.75) is 32.1 Å². The maximum Gasteiger partial charge on any atom is 0.201 e. The van der Waals surface area contributed by atoms with Crippen LogP contribution in [-0.4, -0.2) is 21.9 Å². The highest BCUT2D eigenvalue weighted by Crippen LogP contribution is 2.19. The fraction of sp³-hybridized carbons (Fsp3) is 0.500. The Morgan fingerprint density at radius 1 is 1.28 bits per heavy atom. The molecule has 1 unspecified atom stereocenters. The van der Waals surface area contributed by atoms with E-state index in [1.54, 1.807) is 0 Å². The first-order chi connectivity index (χ1) is 8.74. The second kappa shape index (κ2) is 6.10. The van der Waals surface area contributed by atoms with E-state index in [-0.39, 0.29) is 5.38 Å². The number of fused-ring (bicyclic) bond motifs is 1. The van der Waals surface area contributed by atoms with Crippen LogP contribution in [0.5, 0.6) is 0 Å². The third-order valence-electron chi connectivity index (χ3n) is 3.41. The molecule has 1 aromatic heterocycles. The largest absolute Gasteiger partial charge is 0.354 e. The molecule has 2 N–H and O–H groups in total. The molecule has 1 atom stereocenters. The summed E-state index contributed by atoms with van der Waals surface area (Å²) < 4.78 is 0. The maximum absolute atomic E-state index is 6.39. The van der Waals surface area contributed by atoms with Gasteiger partial charge in [-0.15, -0.1) is 11.6 Å². The summed E-state index contributed by atoms with van der Waals surface area (Å²) in [6, 6.07) is 8.00. The van der Waals surface area contributed by atoms with E-state index in [2.05, 4.69) is 29.1 Å². The van der Waals surface area contributed by atoms with Gasteiger partial charge >= 0.3 is 0 Å². The van der Waals surface area contributed by atoms with Crippen molar-refractivity contribution < 1.29 is 0 Å². The van der Waals surface area contributed by atoms with Gasteiger partial charge in [-0.3, -0.25) is 0 Å². The zero-order valence-electron chi connectivity index (χ0n) is 10.9. The van der Waals surface area contributed by atoms with Crippen LogP contribution in [0, 0.1) is 5.92 Å². The Bertz CT molecular complexity index is 457. The molecule has 0 spiro atoms. The van der Waals surface area contributed by atoms with Crippen molar-refractivity contribution in [3.8, 4) is 0 Å². The molecule has 4 heteroatoms. The topological polar surface area (TPSA) is 40.7 Å². The molecular weight excluding hydrogens is 246 g/mol. The van der Waals surface area contributed by atoms with Gasteiger partial charge in [0, 0.05) is 6.54 Å². The summed E-state index contributed by atoms with van der Waals surface area (Å²) in [6.07, 6.45) is 2.24. The zero-order chi connectivity index (χ0) is 13.0. The standard InChI is InChI=1S/C14H20ClN3/c1-3-10(4-2)11(15)9-16-14-17-12-7-5-6-8-13(12)18-14/h5-8,10-11H,3-4,9H2,1-2H3,(H2,16,17,18). The fourth-order valence-corrected chi connectivity index (χ4v) is 2.63. The Morgan fingerprint density at radius 3 is 2.67 bits per heavy atom. The number of halogens is 1. The SMILES string of the molecule is CCC(CC)C(Cl)CNc1nc2ccccc2[nH]1. The lowest BCUT2D eigenvalue weighted by atomic mass is 9.99. The summed E-state index contributed by atoms with van der Waals surface area (Å²) in [4.78, 5) is 7.72. The number of alkyl halides is 1. The lowest BCUT2D eigenvalue weighted by molar-refractivity contribution is 0.475. The Labute approximate surface area is 113 Å². The molecule has 3 nitrogen and oxygen atoms in total. The first-order valence-electron chi connectivity index (χ1n) is 6.57. The average Bonchev–Trinajstić information content (AvgIpc) is 2.80. The summed E-state index contributed by atoms with van der Waals surface area (Å²) in [6.45, 7) is 5.11. The Kier molecular flexibility index (Phi) is 4.48. The number of nitrogens with zero attached hydrogens (tertiary/aromatic N) is 1. The van der Waals surface area contributed by atoms with Crippen molar-refractivity contribution in [1.29, 1.82) is 0 Å². The summed E-state index contributed by atoms with van der Waals surface area (Å²) in [5.74, 6) is 1.36. The predicted molar refractivity (Wildman–Crippen MR) is 78.3 cm³/mol. The van der Waals surface area contributed by atoms with Crippen molar-refractivity contribution >= 4 is 28.6 Å². The quantitative estimate of drug-likeness (QED) is 0.775. The van der Waals surface area contributed by atoms with Gasteiger partial charge in [0.15, 0.2) is 0 Å². The minimum atomic E-state index is 0.146. The smallest absolute Gasteiger partial charge is 0.201 e. The van der Waals surface area contributed by atoms with E-state index in [1.165, 1.54) is 0 Å². The Morgan fingerprint density at radius 2 is 2.00 bits per heavy atom. The molecule has 2 rings (SSSR count). The molecule has 18 heavy (non-hydrogen) atoms. The highest BCUT2D eigenvalue weighted by molar-refractivity contribution is 6.21. The summed E-state index contributed by atoms with van der Waals surface area (Å²) in [7, 11) is 0. The predicted octanol–water partition coefficient (Wildman–Crippen LogP) is 4.02. The van der Waals surface area contributed by atoms with Gasteiger partial charge in [-0.05, 0) is 18.1 Å². The highest BCUT2D eigenvalue weighted by Gasteiger charge is 2.15. The molecule has 98 valence electrons. The number of nitrogens with one attached hydrogen (secondary N) is 2. The normalized spacial score (nSPS) is 13.1. The number of H-pyrrole nitrogens is 1. The monoisotopic (exact) mass is 265 g/mol. The molecule has 0 amide bonds. The average molecular weight is 266 g/mol. The van der Waals surface area contributed by atoms with E-state index in [4.69, 9.17) is 11.6 Å². The maximum atomic E-state index is 6.39. The number of aromatic amines is 1. The van der Waals surface area contributed by atoms with Crippen molar-refractivity contribution in [2.24, 2.45) is 5.92 Å². The summed E-state index contributed by atoms with van der Waals surface area (Å²) in [5.41, 5.74) is 2.03. The molecule has 1 heterocycles. The number of imidazole rings is 1. The van der Waals surface area contributed by atoms with Crippen molar-refractivity contribution in [2.75, 3.05) is 11.9 Å². The lowest BCUT2D eigenvalue weighted by Gasteiger charge is -2.19. The highest BCUT2D eigenvalue weighted by atomic mass is 35.5. The van der Waals surface area contributed by atoms with Crippen LogP contribution in [0.15, 0.2) is 24.3 Å². The molecule has 0 aliphatic heterocycles. The minimum absolute atomic E-state index is 0.146. The second-order valence-corrected chi connectivity index (χ2v) is 5.14. The van der Waals surface area contributed by atoms with Gasteiger partial charge in [-0.25, -0.2) is 4.98 Å². The number of hydrogen-bond acceptors (Lipinski definition) is 2. The molecule has 1 aromatic carbocycles. The van der Waals surface area contributed by atoms with E-state index in [1.807, 2.05) is 24.3 Å². The van der Waals surface area contributed by atoms with Crippen LogP contribution in [0.3, 0.4) is 0 Å². The van der Waals surface area contributed by atoms with Crippen molar-refractivity contribution in [3.63, 3.8) is 0 Å². The van der Waals surface area contributed by atoms with Crippen LogP contribution in [0.25, 0.3) is 11.0 Å². The van der Waals surface area contributed by atoms with Gasteiger partial charge < -0.3 is 10.3 Å². The summed E-state index contributed by atoms with van der Waals surface area (Å²) >= 11 is 6.39. The Balaban J connectivity index is 1.97. The van der Waals surface area contributed by atoms with Crippen molar-refractivity contribution in [3.05, 3.63) is 24.3 Å². The first kappa shape index (κ1) is 13.2. The number of hydrogen-bond donors (Lipinski definition) is 2. The Hall–Kier alpha value is -1.22. The van der Waals surface area contributed by atoms with Gasteiger partial charge in [0.25, 0.3) is 0 Å². The van der Waals surface area contributed by atoms with E-state index >= 15 is 0 Å². The van der Waals surface area contributed by atoms with E-state index in [9.17, 15) is 0 Å². The molecule has 0 saturated carbocycles. The first-order valence-corrected chi connectivity index (χ1v) is 7.01. The van der Waals surface area contributed by atoms with Crippen LogP contribution >= 0.6 is 11.6 Å². The minimum Gasteiger partial charge on any atom is -0.354 e. The molecule has 0 saturated heterocycles. The van der Waals surface area contributed by atoms with Crippen LogP contribution in [0.2, 0.25) is 0 Å². The number of para-hydroxylation sites is 2. The second-order valence-electron chi connectivity index (χ2n) is 4.58. The number of anilines is 1. The van der Waals surface area contributed by atoms with E-state index in [0.29, 0.717) is 5.92 Å². The molecule has 0 radical (unpaired) electrons. The van der Waals surface area contributed by atoms with Gasteiger partial charge in [0.05, 0.1) is 16.4 Å². The third-order valence-corrected chi connectivity index (χ3v) is 3.92. The van der Waals surface area contributed by atoms with Gasteiger partial charge in [0.2, 0.25) is 5.95 Å². The molecule has 0 fully saturated rings. The van der Waals surface area contributed by atoms with Crippen LogP contribution in [-0.2, 0) is 0 Å². The molecule has 0 aliphatic carbocycles. The molecule has 0 aliphatic rings. The van der Waals surface area contributed by atoms with Gasteiger partial charge in [-0.1, -0.05) is 38.8 Å². The van der Waals surface area contributed by atoms with Gasteiger partial charge in [0.1, 0.15) is 0 Å². The number of benzene rings is 1. The van der Waals surface area contributed by atoms with Crippen LogP contribution in [0.4, 0.5) is 5.95 Å². The number of aromatic nitrogens is 2. The van der Waals surface area contributed by atoms with Gasteiger partial charge in [-0.2, -0.15) is 0 Å². The zero-order valence-corrected chi connectivity index (χ0v) is 11.7. The fourth-order valence-electron chi connectivity index (χ4n) is 2.20.